The van der Waals surface area contributed by atoms with Gasteiger partial charge in [0, 0.05) is 24.5 Å². The average molecular weight is 260 g/mol. The summed E-state index contributed by atoms with van der Waals surface area (Å²) in [4.78, 5) is 2.27. The van der Waals surface area contributed by atoms with Crippen LogP contribution in [0.1, 0.15) is 37.8 Å². The maximum Gasteiger partial charge on any atom is 0.127 e. The Labute approximate surface area is 114 Å². The molecule has 0 bridgehead atoms. The van der Waals surface area contributed by atoms with Crippen LogP contribution in [0.2, 0.25) is 0 Å². The van der Waals surface area contributed by atoms with Gasteiger partial charge in [-0.2, -0.15) is 5.26 Å². The largest absolute Gasteiger partial charge is 0.297 e. The summed E-state index contributed by atoms with van der Waals surface area (Å²) in [5.41, 5.74) is 1.62. The minimum atomic E-state index is -0.180. The molecule has 1 aliphatic heterocycles. The highest BCUT2D eigenvalue weighted by Gasteiger charge is 2.39. The van der Waals surface area contributed by atoms with E-state index in [4.69, 9.17) is 0 Å². The van der Waals surface area contributed by atoms with Crippen molar-refractivity contribution in [1.29, 1.82) is 5.26 Å². The van der Waals surface area contributed by atoms with Crippen molar-refractivity contribution in [2.45, 2.75) is 39.2 Å². The number of nitrogens with zero attached hydrogens (tertiary/aromatic N) is 2. The van der Waals surface area contributed by atoms with Gasteiger partial charge in [-0.15, -0.1) is 0 Å². The monoisotopic (exact) mass is 260 g/mol. The van der Waals surface area contributed by atoms with Crippen LogP contribution in [0.15, 0.2) is 18.2 Å². The van der Waals surface area contributed by atoms with Crippen molar-refractivity contribution < 1.29 is 4.39 Å². The summed E-state index contributed by atoms with van der Waals surface area (Å²) >= 11 is 0. The van der Waals surface area contributed by atoms with Gasteiger partial charge in [-0.25, -0.2) is 4.39 Å². The molecule has 1 saturated heterocycles. The Bertz CT molecular complexity index is 510. The lowest BCUT2D eigenvalue weighted by molar-refractivity contribution is 0.170. The van der Waals surface area contributed by atoms with E-state index in [1.54, 1.807) is 6.07 Å². The van der Waals surface area contributed by atoms with E-state index in [1.807, 2.05) is 19.1 Å². The summed E-state index contributed by atoms with van der Waals surface area (Å²) in [6.07, 6.45) is 0. The summed E-state index contributed by atoms with van der Waals surface area (Å²) in [5.74, 6) is -0.331. The number of nitriles is 1. The van der Waals surface area contributed by atoms with Crippen LogP contribution in [0.5, 0.6) is 0 Å². The molecule has 2 nitrogen and oxygen atoms in total. The number of benzene rings is 1. The normalized spacial score (nSPS) is 24.4. The van der Waals surface area contributed by atoms with Crippen LogP contribution in [0.4, 0.5) is 4.39 Å². The lowest BCUT2D eigenvalue weighted by Gasteiger charge is -2.31. The van der Waals surface area contributed by atoms with Crippen molar-refractivity contribution in [1.82, 2.24) is 4.90 Å². The lowest BCUT2D eigenvalue weighted by atomic mass is 9.89. The Balaban J connectivity index is 2.31. The fourth-order valence-electron chi connectivity index (χ4n) is 2.73. The van der Waals surface area contributed by atoms with Crippen molar-refractivity contribution in [2.24, 2.45) is 5.92 Å². The van der Waals surface area contributed by atoms with Gasteiger partial charge in [0.15, 0.2) is 0 Å². The van der Waals surface area contributed by atoms with Gasteiger partial charge in [0.25, 0.3) is 0 Å². The summed E-state index contributed by atoms with van der Waals surface area (Å²) in [6.45, 7) is 9.75. The number of halogens is 1. The molecule has 2 atom stereocenters. The molecule has 0 aromatic heterocycles. The quantitative estimate of drug-likeness (QED) is 0.773. The van der Waals surface area contributed by atoms with E-state index in [0.717, 1.165) is 18.7 Å². The number of aryl methyl sites for hydroxylation is 1. The Morgan fingerprint density at radius 3 is 2.53 bits per heavy atom. The average Bonchev–Trinajstić information content (AvgIpc) is 2.72. The molecule has 0 amide bonds. The van der Waals surface area contributed by atoms with Gasteiger partial charge in [-0.1, -0.05) is 12.1 Å². The summed E-state index contributed by atoms with van der Waals surface area (Å²) in [5, 5.41) is 9.33. The second kappa shape index (κ2) is 4.94. The second-order valence-corrected chi connectivity index (χ2v) is 6.44. The van der Waals surface area contributed by atoms with Gasteiger partial charge in [0.05, 0.1) is 12.0 Å². The molecule has 0 unspecified atom stereocenters. The van der Waals surface area contributed by atoms with Crippen LogP contribution in [-0.4, -0.2) is 23.5 Å². The van der Waals surface area contributed by atoms with Gasteiger partial charge < -0.3 is 0 Å². The third-order valence-electron chi connectivity index (χ3n) is 3.99. The first-order valence-corrected chi connectivity index (χ1v) is 6.73. The van der Waals surface area contributed by atoms with E-state index >= 15 is 0 Å². The highest BCUT2D eigenvalue weighted by Crippen LogP contribution is 2.36. The first kappa shape index (κ1) is 14.0. The number of likely N-dealkylation sites (tertiary alicyclic amines) is 1. The molecule has 0 aliphatic carbocycles. The fourth-order valence-corrected chi connectivity index (χ4v) is 2.73. The van der Waals surface area contributed by atoms with Crippen LogP contribution in [0.3, 0.4) is 0 Å². The Morgan fingerprint density at radius 2 is 2.00 bits per heavy atom. The molecule has 0 saturated carbocycles. The van der Waals surface area contributed by atoms with Crippen molar-refractivity contribution in [3.63, 3.8) is 0 Å². The van der Waals surface area contributed by atoms with Crippen molar-refractivity contribution >= 4 is 0 Å². The lowest BCUT2D eigenvalue weighted by Crippen LogP contribution is -2.39. The van der Waals surface area contributed by atoms with E-state index in [-0.39, 0.29) is 23.2 Å². The zero-order chi connectivity index (χ0) is 14.2. The summed E-state index contributed by atoms with van der Waals surface area (Å²) in [6, 6.07) is 7.67. The molecule has 0 radical (unpaired) electrons. The highest BCUT2D eigenvalue weighted by atomic mass is 19.1. The molecule has 1 aromatic rings. The van der Waals surface area contributed by atoms with Crippen molar-refractivity contribution in [3.05, 3.63) is 35.1 Å². The van der Waals surface area contributed by atoms with Gasteiger partial charge in [0.2, 0.25) is 0 Å². The molecule has 0 N–H and O–H groups in total. The Hall–Kier alpha value is -1.40. The third kappa shape index (κ3) is 2.79. The first-order valence-electron chi connectivity index (χ1n) is 6.73. The molecular weight excluding hydrogens is 239 g/mol. The van der Waals surface area contributed by atoms with Gasteiger partial charge in [-0.05, 0) is 44.9 Å². The summed E-state index contributed by atoms with van der Waals surface area (Å²) in [7, 11) is 0. The number of hydrogen-bond acceptors (Lipinski definition) is 2. The number of hydrogen-bond donors (Lipinski definition) is 0. The predicted molar refractivity (Wildman–Crippen MR) is 74.3 cm³/mol. The zero-order valence-corrected chi connectivity index (χ0v) is 12.1. The van der Waals surface area contributed by atoms with E-state index < -0.39 is 0 Å². The molecule has 2 rings (SSSR count). The fraction of sp³-hybridized carbons (Fsp3) is 0.562. The molecule has 1 fully saturated rings. The van der Waals surface area contributed by atoms with Crippen molar-refractivity contribution in [3.8, 4) is 6.07 Å². The van der Waals surface area contributed by atoms with E-state index in [0.29, 0.717) is 5.56 Å². The maximum absolute atomic E-state index is 14.1. The SMILES string of the molecule is Cc1ccc([C@@H]2CN(C(C)(C)C)C[C@H]2C#N)c(F)c1. The van der Waals surface area contributed by atoms with Gasteiger partial charge in [-0.3, -0.25) is 4.90 Å². The molecule has 0 spiro atoms. The van der Waals surface area contributed by atoms with Crippen LogP contribution in [0.25, 0.3) is 0 Å². The van der Waals surface area contributed by atoms with E-state index in [2.05, 4.69) is 31.7 Å². The number of rotatable bonds is 1. The van der Waals surface area contributed by atoms with Gasteiger partial charge >= 0.3 is 0 Å². The maximum atomic E-state index is 14.1. The van der Waals surface area contributed by atoms with Crippen molar-refractivity contribution in [2.75, 3.05) is 13.1 Å². The summed E-state index contributed by atoms with van der Waals surface area (Å²) < 4.78 is 14.1. The highest BCUT2D eigenvalue weighted by molar-refractivity contribution is 5.30. The van der Waals surface area contributed by atoms with Crippen LogP contribution in [-0.2, 0) is 0 Å². The minimum absolute atomic E-state index is 0.0189. The first-order chi connectivity index (χ1) is 8.82. The molecule has 19 heavy (non-hydrogen) atoms. The Morgan fingerprint density at radius 1 is 1.32 bits per heavy atom. The smallest absolute Gasteiger partial charge is 0.127 e. The molecule has 1 aromatic carbocycles. The molecular formula is C16H21FN2. The third-order valence-corrected chi connectivity index (χ3v) is 3.99. The zero-order valence-electron chi connectivity index (χ0n) is 12.1. The molecule has 1 heterocycles. The predicted octanol–water partition coefficient (Wildman–Crippen LogP) is 3.47. The van der Waals surface area contributed by atoms with Gasteiger partial charge in [0.1, 0.15) is 5.82 Å². The standard InChI is InChI=1S/C16H21FN2/c1-11-5-6-13(15(17)7-11)14-10-19(16(2,3)4)9-12(14)8-18/h5-7,12,14H,9-10H2,1-4H3/t12-,14-/m1/s1. The van der Waals surface area contributed by atoms with E-state index in [9.17, 15) is 9.65 Å². The van der Waals surface area contributed by atoms with E-state index in [1.165, 1.54) is 0 Å². The van der Waals surface area contributed by atoms with Crippen LogP contribution < -0.4 is 0 Å². The molecule has 102 valence electrons. The van der Waals surface area contributed by atoms with Crippen LogP contribution >= 0.6 is 0 Å². The van der Waals surface area contributed by atoms with Crippen LogP contribution in [0, 0.1) is 30.0 Å². The molecule has 1 aliphatic rings. The molecule has 3 heteroatoms. The Kier molecular flexibility index (Phi) is 3.64. The minimum Gasteiger partial charge on any atom is -0.297 e. The topological polar surface area (TPSA) is 27.0 Å². The second-order valence-electron chi connectivity index (χ2n) is 6.44.